The van der Waals surface area contributed by atoms with Gasteiger partial charge in [-0.25, -0.2) is 0 Å². The fourth-order valence-corrected chi connectivity index (χ4v) is 2.58. The van der Waals surface area contributed by atoms with Gasteiger partial charge in [-0.2, -0.15) is 0 Å². The Morgan fingerprint density at radius 3 is 2.80 bits per heavy atom. The molecule has 1 amide bonds. The van der Waals surface area contributed by atoms with E-state index in [1.807, 2.05) is 18.2 Å². The van der Waals surface area contributed by atoms with Gasteiger partial charge in [0.15, 0.2) is 0 Å². The SMILES string of the molecule is Nc1ccc(C(=O)N2CCCc3ccccc32)cc1O. The van der Waals surface area contributed by atoms with Crippen molar-refractivity contribution in [2.45, 2.75) is 12.8 Å². The van der Waals surface area contributed by atoms with Crippen LogP contribution in [0.15, 0.2) is 42.5 Å². The number of hydrogen-bond donors (Lipinski definition) is 2. The molecule has 0 aliphatic carbocycles. The van der Waals surface area contributed by atoms with Gasteiger partial charge in [-0.05, 0) is 42.7 Å². The molecule has 0 aromatic heterocycles. The number of hydrogen-bond acceptors (Lipinski definition) is 3. The molecular weight excluding hydrogens is 252 g/mol. The normalized spacial score (nSPS) is 13.9. The number of phenols is 1. The molecule has 0 fully saturated rings. The molecule has 0 spiro atoms. The summed E-state index contributed by atoms with van der Waals surface area (Å²) in [5.41, 5.74) is 8.44. The summed E-state index contributed by atoms with van der Waals surface area (Å²) < 4.78 is 0. The van der Waals surface area contributed by atoms with E-state index in [1.54, 1.807) is 17.0 Å². The van der Waals surface area contributed by atoms with Crippen LogP contribution in [0.4, 0.5) is 11.4 Å². The maximum absolute atomic E-state index is 12.6. The first-order valence-electron chi connectivity index (χ1n) is 6.65. The molecule has 0 saturated heterocycles. The van der Waals surface area contributed by atoms with E-state index >= 15 is 0 Å². The minimum atomic E-state index is -0.104. The van der Waals surface area contributed by atoms with Crippen LogP contribution in [0.2, 0.25) is 0 Å². The number of nitrogens with two attached hydrogens (primary N) is 1. The van der Waals surface area contributed by atoms with Crippen molar-refractivity contribution in [2.75, 3.05) is 17.2 Å². The number of fused-ring (bicyclic) bond motifs is 1. The molecule has 4 nitrogen and oxygen atoms in total. The van der Waals surface area contributed by atoms with Crippen LogP contribution in [0, 0.1) is 0 Å². The lowest BCUT2D eigenvalue weighted by atomic mass is 10.0. The van der Waals surface area contributed by atoms with Crippen molar-refractivity contribution in [3.63, 3.8) is 0 Å². The van der Waals surface area contributed by atoms with Crippen molar-refractivity contribution >= 4 is 17.3 Å². The summed E-state index contributed by atoms with van der Waals surface area (Å²) >= 11 is 0. The molecular formula is C16H16N2O2. The second kappa shape index (κ2) is 4.89. The number of nitrogen functional groups attached to an aromatic ring is 1. The summed E-state index contributed by atoms with van der Waals surface area (Å²) in [5, 5.41) is 9.65. The van der Waals surface area contributed by atoms with Crippen LogP contribution in [-0.2, 0) is 6.42 Å². The fourth-order valence-electron chi connectivity index (χ4n) is 2.58. The first kappa shape index (κ1) is 12.5. The van der Waals surface area contributed by atoms with Gasteiger partial charge >= 0.3 is 0 Å². The highest BCUT2D eigenvalue weighted by atomic mass is 16.3. The first-order valence-corrected chi connectivity index (χ1v) is 6.65. The number of amides is 1. The number of nitrogens with zero attached hydrogens (tertiary/aromatic N) is 1. The molecule has 2 aromatic rings. The highest BCUT2D eigenvalue weighted by Gasteiger charge is 2.23. The van der Waals surface area contributed by atoms with Crippen LogP contribution in [0.1, 0.15) is 22.3 Å². The number of rotatable bonds is 1. The second-order valence-corrected chi connectivity index (χ2v) is 4.96. The van der Waals surface area contributed by atoms with Crippen LogP contribution < -0.4 is 10.6 Å². The molecule has 102 valence electrons. The highest BCUT2D eigenvalue weighted by molar-refractivity contribution is 6.07. The van der Waals surface area contributed by atoms with E-state index in [0.29, 0.717) is 12.1 Å². The Hall–Kier alpha value is -2.49. The van der Waals surface area contributed by atoms with E-state index in [0.717, 1.165) is 18.5 Å². The van der Waals surface area contributed by atoms with Gasteiger partial charge in [-0.3, -0.25) is 4.79 Å². The standard InChI is InChI=1S/C16H16N2O2/c17-13-8-7-12(10-15(13)19)16(20)18-9-3-5-11-4-1-2-6-14(11)18/h1-2,4,6-8,10,19H,3,5,9,17H2. The van der Waals surface area contributed by atoms with Crippen molar-refractivity contribution in [1.29, 1.82) is 0 Å². The first-order chi connectivity index (χ1) is 9.66. The molecule has 0 radical (unpaired) electrons. The molecule has 3 N–H and O–H groups in total. The zero-order chi connectivity index (χ0) is 14.1. The van der Waals surface area contributed by atoms with E-state index in [9.17, 15) is 9.90 Å². The Morgan fingerprint density at radius 2 is 2.00 bits per heavy atom. The zero-order valence-corrected chi connectivity index (χ0v) is 11.0. The smallest absolute Gasteiger partial charge is 0.258 e. The third-order valence-corrected chi connectivity index (χ3v) is 3.63. The van der Waals surface area contributed by atoms with Crippen LogP contribution in [-0.4, -0.2) is 17.6 Å². The maximum Gasteiger partial charge on any atom is 0.258 e. The van der Waals surface area contributed by atoms with E-state index in [4.69, 9.17) is 5.73 Å². The van der Waals surface area contributed by atoms with Gasteiger partial charge < -0.3 is 15.7 Å². The lowest BCUT2D eigenvalue weighted by Gasteiger charge is -2.29. The molecule has 1 aliphatic heterocycles. The summed E-state index contributed by atoms with van der Waals surface area (Å²) in [4.78, 5) is 14.4. The number of benzene rings is 2. The number of carbonyl (C=O) groups is 1. The van der Waals surface area contributed by atoms with Gasteiger partial charge in [0.2, 0.25) is 0 Å². The third kappa shape index (κ3) is 2.09. The Bertz CT molecular complexity index is 667. The monoisotopic (exact) mass is 268 g/mol. The summed E-state index contributed by atoms with van der Waals surface area (Å²) in [6.07, 6.45) is 1.94. The molecule has 0 saturated carbocycles. The second-order valence-electron chi connectivity index (χ2n) is 4.96. The molecule has 4 heteroatoms. The quantitative estimate of drug-likeness (QED) is 0.617. The minimum Gasteiger partial charge on any atom is -0.506 e. The molecule has 20 heavy (non-hydrogen) atoms. The van der Waals surface area contributed by atoms with E-state index in [2.05, 4.69) is 6.07 Å². The van der Waals surface area contributed by atoms with Gasteiger partial charge in [-0.15, -0.1) is 0 Å². The van der Waals surface area contributed by atoms with Crippen molar-refractivity contribution < 1.29 is 9.90 Å². The van der Waals surface area contributed by atoms with Crippen LogP contribution in [0.5, 0.6) is 5.75 Å². The van der Waals surface area contributed by atoms with E-state index in [-0.39, 0.29) is 17.3 Å². The van der Waals surface area contributed by atoms with Crippen LogP contribution >= 0.6 is 0 Å². The largest absolute Gasteiger partial charge is 0.506 e. The van der Waals surface area contributed by atoms with E-state index in [1.165, 1.54) is 11.6 Å². The van der Waals surface area contributed by atoms with Crippen LogP contribution in [0.3, 0.4) is 0 Å². The topological polar surface area (TPSA) is 66.6 Å². The number of phenolic OH excluding ortho intramolecular Hbond substituents is 1. The Labute approximate surface area is 117 Å². The van der Waals surface area contributed by atoms with E-state index < -0.39 is 0 Å². The predicted octanol–water partition coefficient (Wildman–Crippen LogP) is 2.57. The molecule has 0 atom stereocenters. The summed E-state index contributed by atoms with van der Waals surface area (Å²) in [5.74, 6) is -0.159. The van der Waals surface area contributed by atoms with Gasteiger partial charge in [0.25, 0.3) is 5.91 Å². The van der Waals surface area contributed by atoms with Crippen molar-refractivity contribution in [1.82, 2.24) is 0 Å². The zero-order valence-electron chi connectivity index (χ0n) is 11.0. The highest BCUT2D eigenvalue weighted by Crippen LogP contribution is 2.29. The number of aromatic hydroxyl groups is 1. The number of para-hydroxylation sites is 1. The Balaban J connectivity index is 1.97. The lowest BCUT2D eigenvalue weighted by molar-refractivity contribution is 0.0985. The lowest BCUT2D eigenvalue weighted by Crippen LogP contribution is -2.35. The molecule has 0 unspecified atom stereocenters. The molecule has 2 aromatic carbocycles. The Kier molecular flexibility index (Phi) is 3.06. The molecule has 1 aliphatic rings. The van der Waals surface area contributed by atoms with Crippen LogP contribution in [0.25, 0.3) is 0 Å². The van der Waals surface area contributed by atoms with Gasteiger partial charge in [0.05, 0.1) is 5.69 Å². The fraction of sp³-hybridized carbons (Fsp3) is 0.188. The third-order valence-electron chi connectivity index (χ3n) is 3.63. The molecule has 1 heterocycles. The minimum absolute atomic E-state index is 0.0545. The van der Waals surface area contributed by atoms with Crippen molar-refractivity contribution in [3.8, 4) is 5.75 Å². The number of carbonyl (C=O) groups excluding carboxylic acids is 1. The number of aryl methyl sites for hydroxylation is 1. The van der Waals surface area contributed by atoms with Crippen molar-refractivity contribution in [2.24, 2.45) is 0 Å². The average Bonchev–Trinajstić information content (AvgIpc) is 2.49. The predicted molar refractivity (Wildman–Crippen MR) is 79.0 cm³/mol. The average molecular weight is 268 g/mol. The Morgan fingerprint density at radius 1 is 1.20 bits per heavy atom. The van der Waals surface area contributed by atoms with Gasteiger partial charge in [0, 0.05) is 17.8 Å². The molecule has 0 bridgehead atoms. The van der Waals surface area contributed by atoms with Gasteiger partial charge in [-0.1, -0.05) is 18.2 Å². The van der Waals surface area contributed by atoms with Crippen molar-refractivity contribution in [3.05, 3.63) is 53.6 Å². The summed E-state index contributed by atoms with van der Waals surface area (Å²) in [6.45, 7) is 0.695. The van der Waals surface area contributed by atoms with Gasteiger partial charge in [0.1, 0.15) is 5.75 Å². The summed E-state index contributed by atoms with van der Waals surface area (Å²) in [6, 6.07) is 12.6. The number of anilines is 2. The maximum atomic E-state index is 12.6. The summed E-state index contributed by atoms with van der Waals surface area (Å²) in [7, 11) is 0. The molecule has 3 rings (SSSR count).